The summed E-state index contributed by atoms with van der Waals surface area (Å²) in [5.41, 5.74) is 5.60. The van der Waals surface area contributed by atoms with Crippen molar-refractivity contribution in [1.82, 2.24) is 4.98 Å². The Bertz CT molecular complexity index is 478. The molecule has 5 heteroatoms. The van der Waals surface area contributed by atoms with E-state index in [4.69, 9.17) is 10.2 Å². The van der Waals surface area contributed by atoms with Gasteiger partial charge in [0.1, 0.15) is 4.60 Å². The summed E-state index contributed by atoms with van der Waals surface area (Å²) in [6.45, 7) is 0. The van der Waals surface area contributed by atoms with E-state index in [1.807, 2.05) is 0 Å². The summed E-state index contributed by atoms with van der Waals surface area (Å²) in [5, 5.41) is 0.802. The molecule has 13 heavy (non-hydrogen) atoms. The Balaban J connectivity index is 2.68. The highest BCUT2D eigenvalue weighted by molar-refractivity contribution is 9.10. The van der Waals surface area contributed by atoms with E-state index in [9.17, 15) is 4.79 Å². The number of nitrogens with two attached hydrogens (primary N) is 1. The summed E-state index contributed by atoms with van der Waals surface area (Å²) >= 11 is 3.21. The van der Waals surface area contributed by atoms with Crippen molar-refractivity contribution in [2.24, 2.45) is 5.73 Å². The minimum Gasteiger partial charge on any atom is -0.449 e. The Morgan fingerprint density at radius 2 is 2.31 bits per heavy atom. The molecule has 0 saturated carbocycles. The Hall–Kier alpha value is -1.36. The molecule has 0 fully saturated rings. The normalized spacial score (nSPS) is 10.5. The molecule has 4 nitrogen and oxygen atoms in total. The third-order valence-corrected chi connectivity index (χ3v) is 2.05. The van der Waals surface area contributed by atoms with Crippen molar-refractivity contribution in [3.8, 4) is 0 Å². The zero-order chi connectivity index (χ0) is 9.42. The van der Waals surface area contributed by atoms with Crippen LogP contribution in [0.5, 0.6) is 0 Å². The van der Waals surface area contributed by atoms with Gasteiger partial charge in [-0.25, -0.2) is 4.98 Å². The Kier molecular flexibility index (Phi) is 1.81. The summed E-state index contributed by atoms with van der Waals surface area (Å²) < 4.78 is 5.82. The molecule has 1 amide bonds. The lowest BCUT2D eigenvalue weighted by molar-refractivity contribution is 0.0976. The van der Waals surface area contributed by atoms with Gasteiger partial charge in [0.2, 0.25) is 0 Å². The average molecular weight is 241 g/mol. The molecule has 0 bridgehead atoms. The van der Waals surface area contributed by atoms with Crippen LogP contribution in [0.4, 0.5) is 0 Å². The minimum absolute atomic E-state index is 0.148. The van der Waals surface area contributed by atoms with Crippen molar-refractivity contribution in [3.63, 3.8) is 0 Å². The van der Waals surface area contributed by atoms with Crippen LogP contribution in [-0.4, -0.2) is 10.9 Å². The van der Waals surface area contributed by atoms with Crippen molar-refractivity contribution in [1.29, 1.82) is 0 Å². The number of hydrogen-bond acceptors (Lipinski definition) is 3. The molecule has 0 aromatic carbocycles. The second kappa shape index (κ2) is 2.85. The highest BCUT2D eigenvalue weighted by Gasteiger charge is 2.08. The average Bonchev–Trinajstić information content (AvgIpc) is 2.46. The van der Waals surface area contributed by atoms with Crippen LogP contribution in [0.15, 0.2) is 27.3 Å². The SMILES string of the molecule is NC(=O)c1cc2cc(Br)ncc2o1. The van der Waals surface area contributed by atoms with Gasteiger partial charge in [-0.3, -0.25) is 4.79 Å². The van der Waals surface area contributed by atoms with Crippen LogP contribution in [0.1, 0.15) is 10.6 Å². The van der Waals surface area contributed by atoms with Crippen molar-refractivity contribution in [2.45, 2.75) is 0 Å². The molecule has 2 aromatic heterocycles. The van der Waals surface area contributed by atoms with Crippen LogP contribution in [0.2, 0.25) is 0 Å². The van der Waals surface area contributed by atoms with Gasteiger partial charge < -0.3 is 10.2 Å². The summed E-state index contributed by atoms with van der Waals surface area (Å²) in [6, 6.07) is 3.34. The van der Waals surface area contributed by atoms with Crippen LogP contribution in [0.3, 0.4) is 0 Å². The number of aromatic nitrogens is 1. The first kappa shape index (κ1) is 8.25. The largest absolute Gasteiger partial charge is 0.449 e. The molecule has 0 aliphatic carbocycles. The number of carbonyl (C=O) groups excluding carboxylic acids is 1. The Morgan fingerprint density at radius 1 is 1.54 bits per heavy atom. The quantitative estimate of drug-likeness (QED) is 0.772. The van der Waals surface area contributed by atoms with Crippen LogP contribution in [0.25, 0.3) is 11.0 Å². The van der Waals surface area contributed by atoms with Gasteiger partial charge in [-0.15, -0.1) is 0 Å². The molecule has 2 aromatic rings. The van der Waals surface area contributed by atoms with E-state index in [-0.39, 0.29) is 5.76 Å². The fourth-order valence-corrected chi connectivity index (χ4v) is 1.39. The van der Waals surface area contributed by atoms with Crippen LogP contribution >= 0.6 is 15.9 Å². The summed E-state index contributed by atoms with van der Waals surface area (Å²) in [4.78, 5) is 14.7. The molecule has 66 valence electrons. The third-order valence-electron chi connectivity index (χ3n) is 1.61. The lowest BCUT2D eigenvalue weighted by Crippen LogP contribution is -2.08. The number of nitrogens with zero attached hydrogens (tertiary/aromatic N) is 1. The number of pyridine rings is 1. The molecule has 0 aliphatic rings. The number of hydrogen-bond donors (Lipinski definition) is 1. The monoisotopic (exact) mass is 240 g/mol. The summed E-state index contributed by atoms with van der Waals surface area (Å²) in [7, 11) is 0. The van der Waals surface area contributed by atoms with E-state index in [0.29, 0.717) is 10.2 Å². The van der Waals surface area contributed by atoms with Gasteiger partial charge in [0, 0.05) is 5.39 Å². The van der Waals surface area contributed by atoms with Gasteiger partial charge in [-0.2, -0.15) is 0 Å². The molecule has 2 rings (SSSR count). The molecule has 0 spiro atoms. The zero-order valence-electron chi connectivity index (χ0n) is 6.45. The first-order chi connectivity index (χ1) is 6.16. The van der Waals surface area contributed by atoms with Gasteiger partial charge in [-0.05, 0) is 28.1 Å². The Labute approximate surface area is 81.9 Å². The second-order valence-electron chi connectivity index (χ2n) is 2.52. The van der Waals surface area contributed by atoms with E-state index in [0.717, 1.165) is 5.39 Å². The van der Waals surface area contributed by atoms with Crippen LogP contribution < -0.4 is 5.73 Å². The van der Waals surface area contributed by atoms with E-state index < -0.39 is 5.91 Å². The number of rotatable bonds is 1. The van der Waals surface area contributed by atoms with Gasteiger partial charge in [0.25, 0.3) is 5.91 Å². The maximum atomic E-state index is 10.8. The molecular formula is C8H5BrN2O2. The van der Waals surface area contributed by atoms with E-state index in [1.54, 1.807) is 12.1 Å². The number of furan rings is 1. The Morgan fingerprint density at radius 3 is 3.00 bits per heavy atom. The van der Waals surface area contributed by atoms with Crippen LogP contribution in [0, 0.1) is 0 Å². The molecule has 2 N–H and O–H groups in total. The van der Waals surface area contributed by atoms with E-state index in [2.05, 4.69) is 20.9 Å². The van der Waals surface area contributed by atoms with Gasteiger partial charge in [0.05, 0.1) is 6.20 Å². The highest BCUT2D eigenvalue weighted by Crippen LogP contribution is 2.20. The lowest BCUT2D eigenvalue weighted by atomic mass is 10.3. The summed E-state index contributed by atoms with van der Waals surface area (Å²) in [5.74, 6) is -0.428. The molecule has 0 saturated heterocycles. The van der Waals surface area contributed by atoms with Gasteiger partial charge in [0.15, 0.2) is 11.3 Å². The number of halogens is 1. The number of fused-ring (bicyclic) bond motifs is 1. The van der Waals surface area contributed by atoms with E-state index >= 15 is 0 Å². The number of carbonyl (C=O) groups is 1. The van der Waals surface area contributed by atoms with Gasteiger partial charge in [-0.1, -0.05) is 0 Å². The lowest BCUT2D eigenvalue weighted by Gasteiger charge is -1.87. The maximum Gasteiger partial charge on any atom is 0.284 e. The van der Waals surface area contributed by atoms with Crippen molar-refractivity contribution in [3.05, 3.63) is 28.7 Å². The number of primary amides is 1. The summed E-state index contributed by atoms with van der Waals surface area (Å²) in [6.07, 6.45) is 1.53. The smallest absolute Gasteiger partial charge is 0.284 e. The zero-order valence-corrected chi connectivity index (χ0v) is 8.04. The number of amides is 1. The maximum absolute atomic E-state index is 10.8. The molecule has 0 unspecified atom stereocenters. The molecular weight excluding hydrogens is 236 g/mol. The minimum atomic E-state index is -0.577. The van der Waals surface area contributed by atoms with Gasteiger partial charge >= 0.3 is 0 Å². The highest BCUT2D eigenvalue weighted by atomic mass is 79.9. The van der Waals surface area contributed by atoms with Crippen molar-refractivity contribution >= 4 is 32.8 Å². The fourth-order valence-electron chi connectivity index (χ4n) is 1.04. The topological polar surface area (TPSA) is 69.1 Å². The fraction of sp³-hybridized carbons (Fsp3) is 0. The predicted molar refractivity (Wildman–Crippen MR) is 50.2 cm³/mol. The third kappa shape index (κ3) is 1.42. The standard InChI is InChI=1S/C8H5BrN2O2/c9-7-2-4-1-5(8(10)12)13-6(4)3-11-7/h1-3H,(H2,10,12). The molecule has 0 atom stereocenters. The van der Waals surface area contributed by atoms with Crippen molar-refractivity contribution in [2.75, 3.05) is 0 Å². The van der Waals surface area contributed by atoms with E-state index in [1.165, 1.54) is 6.20 Å². The predicted octanol–water partition coefficient (Wildman–Crippen LogP) is 1.69. The van der Waals surface area contributed by atoms with Crippen molar-refractivity contribution < 1.29 is 9.21 Å². The molecule has 0 radical (unpaired) electrons. The van der Waals surface area contributed by atoms with Crippen LogP contribution in [-0.2, 0) is 0 Å². The first-order valence-corrected chi connectivity index (χ1v) is 4.31. The molecule has 2 heterocycles. The second-order valence-corrected chi connectivity index (χ2v) is 3.33. The first-order valence-electron chi connectivity index (χ1n) is 3.52. The molecule has 0 aliphatic heterocycles.